The van der Waals surface area contributed by atoms with E-state index in [1.165, 1.54) is 6.07 Å². The molecule has 18 heavy (non-hydrogen) atoms. The summed E-state index contributed by atoms with van der Waals surface area (Å²) in [4.78, 5) is 19.2. The van der Waals surface area contributed by atoms with Crippen molar-refractivity contribution in [2.45, 2.75) is 6.54 Å². The zero-order valence-corrected chi connectivity index (χ0v) is 9.92. The van der Waals surface area contributed by atoms with E-state index < -0.39 is 5.91 Å². The molecular formula is C11H14N6O. The number of aryl methyl sites for hydroxylation is 1. The lowest BCUT2D eigenvalue weighted by Crippen LogP contribution is -2.15. The number of amides is 1. The number of imidazole rings is 1. The molecule has 2 heterocycles. The second kappa shape index (κ2) is 4.74. The minimum atomic E-state index is -0.588. The number of aromatic nitrogens is 3. The van der Waals surface area contributed by atoms with Crippen LogP contribution in [0.2, 0.25) is 0 Å². The molecule has 0 radical (unpaired) electrons. The molecule has 0 saturated carbocycles. The topological polar surface area (TPSA) is 112 Å². The van der Waals surface area contributed by atoms with Crippen LogP contribution in [0.4, 0.5) is 11.5 Å². The van der Waals surface area contributed by atoms with Crippen molar-refractivity contribution >= 4 is 17.4 Å². The van der Waals surface area contributed by atoms with E-state index in [-0.39, 0.29) is 5.69 Å². The molecule has 7 nitrogen and oxygen atoms in total. The van der Waals surface area contributed by atoms with Gasteiger partial charge in [-0.3, -0.25) is 4.79 Å². The molecule has 2 rings (SSSR count). The van der Waals surface area contributed by atoms with E-state index in [9.17, 15) is 4.79 Å². The summed E-state index contributed by atoms with van der Waals surface area (Å²) in [5.41, 5.74) is 11.5. The molecule has 2 aromatic heterocycles. The summed E-state index contributed by atoms with van der Waals surface area (Å²) >= 11 is 0. The summed E-state index contributed by atoms with van der Waals surface area (Å²) in [5, 5.41) is 3.02. The van der Waals surface area contributed by atoms with Gasteiger partial charge in [0.1, 0.15) is 11.5 Å². The highest BCUT2D eigenvalue weighted by molar-refractivity contribution is 5.91. The first-order chi connectivity index (χ1) is 8.58. The van der Waals surface area contributed by atoms with Crippen molar-refractivity contribution < 1.29 is 4.79 Å². The van der Waals surface area contributed by atoms with E-state index >= 15 is 0 Å². The summed E-state index contributed by atoms with van der Waals surface area (Å²) < 4.78 is 1.88. The zero-order chi connectivity index (χ0) is 13.1. The largest absolute Gasteiger partial charge is 0.396 e. The van der Waals surface area contributed by atoms with Crippen molar-refractivity contribution in [3.05, 3.63) is 36.0 Å². The predicted octanol–water partition coefficient (Wildman–Crippen LogP) is 0.108. The summed E-state index contributed by atoms with van der Waals surface area (Å²) in [7, 11) is 1.89. The Morgan fingerprint density at radius 2 is 2.28 bits per heavy atom. The fourth-order valence-electron chi connectivity index (χ4n) is 1.48. The van der Waals surface area contributed by atoms with Crippen LogP contribution in [0, 0.1) is 0 Å². The van der Waals surface area contributed by atoms with Gasteiger partial charge in [0, 0.05) is 19.4 Å². The number of carbonyl (C=O) groups is 1. The second-order valence-electron chi connectivity index (χ2n) is 3.81. The quantitative estimate of drug-likeness (QED) is 0.708. The Labute approximate surface area is 104 Å². The van der Waals surface area contributed by atoms with Gasteiger partial charge in [0.15, 0.2) is 5.82 Å². The van der Waals surface area contributed by atoms with Crippen LogP contribution in [0.3, 0.4) is 0 Å². The smallest absolute Gasteiger partial charge is 0.267 e. The van der Waals surface area contributed by atoms with Crippen LogP contribution in [0.25, 0.3) is 0 Å². The van der Waals surface area contributed by atoms with Crippen LogP contribution in [0.5, 0.6) is 0 Å². The number of carbonyl (C=O) groups excluding carboxylic acids is 1. The van der Waals surface area contributed by atoms with Gasteiger partial charge in [-0.25, -0.2) is 9.97 Å². The molecule has 0 bridgehead atoms. The number of primary amides is 1. The van der Waals surface area contributed by atoms with Crippen LogP contribution in [-0.2, 0) is 13.6 Å². The van der Waals surface area contributed by atoms with Crippen LogP contribution < -0.4 is 16.8 Å². The van der Waals surface area contributed by atoms with Gasteiger partial charge in [-0.15, -0.1) is 0 Å². The highest BCUT2D eigenvalue weighted by Gasteiger charge is 2.07. The molecule has 0 aliphatic rings. The van der Waals surface area contributed by atoms with Crippen molar-refractivity contribution in [1.82, 2.24) is 14.5 Å². The fourth-order valence-corrected chi connectivity index (χ4v) is 1.48. The van der Waals surface area contributed by atoms with Crippen molar-refractivity contribution in [3.63, 3.8) is 0 Å². The third-order valence-corrected chi connectivity index (χ3v) is 2.51. The molecule has 2 aromatic rings. The van der Waals surface area contributed by atoms with Crippen LogP contribution in [-0.4, -0.2) is 20.4 Å². The normalized spacial score (nSPS) is 10.3. The molecule has 0 saturated heterocycles. The lowest BCUT2D eigenvalue weighted by atomic mass is 10.3. The summed E-state index contributed by atoms with van der Waals surface area (Å²) in [6.07, 6.45) is 3.54. The zero-order valence-electron chi connectivity index (χ0n) is 9.92. The number of nitrogens with zero attached hydrogens (tertiary/aromatic N) is 3. The van der Waals surface area contributed by atoms with Crippen molar-refractivity contribution in [1.29, 1.82) is 0 Å². The number of rotatable bonds is 4. The molecule has 1 amide bonds. The van der Waals surface area contributed by atoms with E-state index in [4.69, 9.17) is 11.5 Å². The molecule has 0 aliphatic heterocycles. The van der Waals surface area contributed by atoms with Gasteiger partial charge < -0.3 is 21.4 Å². The van der Waals surface area contributed by atoms with E-state index in [0.717, 1.165) is 5.82 Å². The molecule has 0 aliphatic carbocycles. The summed E-state index contributed by atoms with van der Waals surface area (Å²) in [6, 6.07) is 3.08. The number of hydrogen-bond donors (Lipinski definition) is 3. The Morgan fingerprint density at radius 3 is 2.89 bits per heavy atom. The van der Waals surface area contributed by atoms with Gasteiger partial charge in [0.05, 0.1) is 12.2 Å². The molecule has 7 heteroatoms. The van der Waals surface area contributed by atoms with E-state index in [1.807, 2.05) is 17.8 Å². The second-order valence-corrected chi connectivity index (χ2v) is 3.81. The highest BCUT2D eigenvalue weighted by atomic mass is 16.1. The maximum Gasteiger partial charge on any atom is 0.267 e. The highest BCUT2D eigenvalue weighted by Crippen LogP contribution is 2.16. The molecule has 0 fully saturated rings. The number of nitrogens with two attached hydrogens (primary N) is 2. The third kappa shape index (κ3) is 2.40. The number of anilines is 2. The molecule has 0 atom stereocenters. The minimum absolute atomic E-state index is 0.173. The van der Waals surface area contributed by atoms with Crippen molar-refractivity contribution in [2.24, 2.45) is 12.8 Å². The number of nitrogens with one attached hydrogen (secondary N) is 1. The standard InChI is InChI=1S/C11H14N6O/c1-17-5-4-14-9(17)6-15-11-7(12)2-3-8(16-11)10(13)18/h2-5H,6,12H2,1H3,(H2,13,18)(H,15,16). The number of pyridine rings is 1. The molecule has 0 unspecified atom stereocenters. The van der Waals surface area contributed by atoms with Gasteiger partial charge in [-0.1, -0.05) is 0 Å². The summed E-state index contributed by atoms with van der Waals surface area (Å²) in [5.74, 6) is 0.671. The average Bonchev–Trinajstić information content (AvgIpc) is 2.73. The van der Waals surface area contributed by atoms with Gasteiger partial charge in [-0.05, 0) is 12.1 Å². The third-order valence-electron chi connectivity index (χ3n) is 2.51. The first-order valence-electron chi connectivity index (χ1n) is 5.34. The Balaban J connectivity index is 2.16. The minimum Gasteiger partial charge on any atom is -0.396 e. The predicted molar refractivity (Wildman–Crippen MR) is 67.7 cm³/mol. The van der Waals surface area contributed by atoms with Gasteiger partial charge >= 0.3 is 0 Å². The van der Waals surface area contributed by atoms with Crippen molar-refractivity contribution in [3.8, 4) is 0 Å². The first kappa shape index (κ1) is 11.9. The molecular weight excluding hydrogens is 232 g/mol. The molecule has 0 aromatic carbocycles. The molecule has 0 spiro atoms. The first-order valence-corrected chi connectivity index (χ1v) is 5.34. The Morgan fingerprint density at radius 1 is 1.50 bits per heavy atom. The van der Waals surface area contributed by atoms with Gasteiger partial charge in [0.25, 0.3) is 5.91 Å². The maximum atomic E-state index is 11.0. The SMILES string of the molecule is Cn1ccnc1CNc1nc(C(N)=O)ccc1N. The fraction of sp³-hybridized carbons (Fsp3) is 0.182. The van der Waals surface area contributed by atoms with E-state index in [0.29, 0.717) is 18.1 Å². The molecule has 5 N–H and O–H groups in total. The maximum absolute atomic E-state index is 11.0. The molecule has 94 valence electrons. The van der Waals surface area contributed by atoms with Crippen LogP contribution in [0.15, 0.2) is 24.5 Å². The summed E-state index contributed by atoms with van der Waals surface area (Å²) in [6.45, 7) is 0.461. The lowest BCUT2D eigenvalue weighted by Gasteiger charge is -2.09. The Hall–Kier alpha value is -2.57. The van der Waals surface area contributed by atoms with Crippen LogP contribution in [0.1, 0.15) is 16.3 Å². The van der Waals surface area contributed by atoms with Crippen LogP contribution >= 0.6 is 0 Å². The van der Waals surface area contributed by atoms with E-state index in [2.05, 4.69) is 15.3 Å². The van der Waals surface area contributed by atoms with Crippen molar-refractivity contribution in [2.75, 3.05) is 11.1 Å². The van der Waals surface area contributed by atoms with E-state index in [1.54, 1.807) is 12.3 Å². The lowest BCUT2D eigenvalue weighted by molar-refractivity contribution is 0.0996. The average molecular weight is 246 g/mol. The number of hydrogen-bond acceptors (Lipinski definition) is 5. The Kier molecular flexibility index (Phi) is 3.13. The number of nitrogen functional groups attached to an aromatic ring is 1. The van der Waals surface area contributed by atoms with Gasteiger partial charge in [0.2, 0.25) is 0 Å². The van der Waals surface area contributed by atoms with Gasteiger partial charge in [-0.2, -0.15) is 0 Å². The Bertz CT molecular complexity index is 577. The monoisotopic (exact) mass is 246 g/mol.